The molecular formula is C17H23N5O2. The number of fused-ring (bicyclic) bond motifs is 1. The zero-order valence-corrected chi connectivity index (χ0v) is 14.0. The van der Waals surface area contributed by atoms with Crippen LogP contribution < -0.4 is 25.8 Å². The number of nitrogens with two attached hydrogens (primary N) is 1. The highest BCUT2D eigenvalue weighted by Gasteiger charge is 2.13. The van der Waals surface area contributed by atoms with E-state index in [1.54, 1.807) is 0 Å². The van der Waals surface area contributed by atoms with Crippen LogP contribution >= 0.6 is 0 Å². The van der Waals surface area contributed by atoms with E-state index in [0.717, 1.165) is 30.0 Å². The molecule has 0 saturated carbocycles. The average molecular weight is 329 g/mol. The zero-order valence-electron chi connectivity index (χ0n) is 14.0. The number of nitrogens with one attached hydrogen (secondary N) is 2. The third kappa shape index (κ3) is 3.79. The molecule has 1 aliphatic rings. The van der Waals surface area contributed by atoms with Crippen LogP contribution in [0.1, 0.15) is 25.8 Å². The van der Waals surface area contributed by atoms with E-state index in [1.165, 1.54) is 6.33 Å². The molecule has 128 valence electrons. The molecule has 1 aromatic heterocycles. The highest BCUT2D eigenvalue weighted by Crippen LogP contribution is 2.33. The molecule has 0 saturated heterocycles. The van der Waals surface area contributed by atoms with Crippen LogP contribution in [0.3, 0.4) is 0 Å². The predicted octanol–water partition coefficient (Wildman–Crippen LogP) is 2.86. The third-order valence-corrected chi connectivity index (χ3v) is 3.79. The van der Waals surface area contributed by atoms with E-state index in [4.69, 9.17) is 15.2 Å². The van der Waals surface area contributed by atoms with Crippen molar-refractivity contribution in [2.24, 2.45) is 5.92 Å². The molecule has 0 bridgehead atoms. The fraction of sp³-hybridized carbons (Fsp3) is 0.412. The minimum absolute atomic E-state index is 0.274. The predicted molar refractivity (Wildman–Crippen MR) is 94.3 cm³/mol. The standard InChI is InChI=1S/C17H23N5O2/c1-11(2)5-6-19-16-15(18)17(22-9-21-16)20-8-12-3-4-13-14(7-12)24-10-23-13/h3-4,7,9,11H,5-6,8,10,18H2,1-2H3,(H2,19,20,21,22). The quantitative estimate of drug-likeness (QED) is 0.719. The minimum atomic E-state index is 0.274. The number of benzene rings is 1. The van der Waals surface area contributed by atoms with Crippen LogP contribution in [0.5, 0.6) is 11.5 Å². The first-order valence-electron chi connectivity index (χ1n) is 8.10. The van der Waals surface area contributed by atoms with Gasteiger partial charge in [-0.15, -0.1) is 0 Å². The van der Waals surface area contributed by atoms with Crippen LogP contribution in [0, 0.1) is 5.92 Å². The highest BCUT2D eigenvalue weighted by atomic mass is 16.7. The van der Waals surface area contributed by atoms with Gasteiger partial charge >= 0.3 is 0 Å². The SMILES string of the molecule is CC(C)CCNc1ncnc(NCc2ccc3c(c2)OCO3)c1N. The van der Waals surface area contributed by atoms with Crippen LogP contribution in [0.4, 0.5) is 17.3 Å². The topological polar surface area (TPSA) is 94.3 Å². The summed E-state index contributed by atoms with van der Waals surface area (Å²) >= 11 is 0. The Bertz CT molecular complexity index is 705. The minimum Gasteiger partial charge on any atom is -0.454 e. The molecule has 0 amide bonds. The van der Waals surface area contributed by atoms with Gasteiger partial charge in [0.2, 0.25) is 6.79 Å². The second kappa shape index (κ2) is 7.25. The summed E-state index contributed by atoms with van der Waals surface area (Å²) in [5.74, 6) is 3.45. The maximum Gasteiger partial charge on any atom is 0.231 e. The first kappa shape index (κ1) is 16.2. The van der Waals surface area contributed by atoms with Gasteiger partial charge in [0.05, 0.1) is 0 Å². The van der Waals surface area contributed by atoms with Gasteiger partial charge in [-0.25, -0.2) is 9.97 Å². The van der Waals surface area contributed by atoms with Crippen LogP contribution in [0.15, 0.2) is 24.5 Å². The molecule has 7 nitrogen and oxygen atoms in total. The fourth-order valence-electron chi connectivity index (χ4n) is 2.39. The lowest BCUT2D eigenvalue weighted by Gasteiger charge is -2.13. The number of rotatable bonds is 7. The van der Waals surface area contributed by atoms with Gasteiger partial charge in [0.1, 0.15) is 12.0 Å². The fourth-order valence-corrected chi connectivity index (χ4v) is 2.39. The van der Waals surface area contributed by atoms with E-state index in [0.29, 0.717) is 29.8 Å². The number of ether oxygens (including phenoxy) is 2. The molecule has 0 aliphatic carbocycles. The van der Waals surface area contributed by atoms with Crippen molar-refractivity contribution < 1.29 is 9.47 Å². The molecule has 24 heavy (non-hydrogen) atoms. The normalized spacial score (nSPS) is 12.5. The van der Waals surface area contributed by atoms with Crippen molar-refractivity contribution in [2.75, 3.05) is 29.7 Å². The summed E-state index contributed by atoms with van der Waals surface area (Å²) in [5, 5.41) is 6.51. The maximum absolute atomic E-state index is 6.16. The number of nitrogen functional groups attached to an aromatic ring is 1. The first-order chi connectivity index (χ1) is 11.6. The summed E-state index contributed by atoms with van der Waals surface area (Å²) in [5.41, 5.74) is 7.75. The molecule has 0 atom stereocenters. The van der Waals surface area contributed by atoms with Gasteiger partial charge in [-0.1, -0.05) is 19.9 Å². The van der Waals surface area contributed by atoms with Gasteiger partial charge < -0.3 is 25.8 Å². The van der Waals surface area contributed by atoms with Gasteiger partial charge in [0, 0.05) is 13.1 Å². The van der Waals surface area contributed by atoms with Gasteiger partial charge in [-0.3, -0.25) is 0 Å². The Kier molecular flexibility index (Phi) is 4.88. The number of hydrogen-bond donors (Lipinski definition) is 3. The Morgan fingerprint density at radius 3 is 2.67 bits per heavy atom. The maximum atomic E-state index is 6.16. The van der Waals surface area contributed by atoms with Crippen molar-refractivity contribution >= 4 is 17.3 Å². The summed E-state index contributed by atoms with van der Waals surface area (Å²) in [4.78, 5) is 8.44. The van der Waals surface area contributed by atoms with Crippen molar-refractivity contribution in [3.8, 4) is 11.5 Å². The number of aromatic nitrogens is 2. The molecule has 0 radical (unpaired) electrons. The van der Waals surface area contributed by atoms with E-state index < -0.39 is 0 Å². The van der Waals surface area contributed by atoms with Crippen molar-refractivity contribution in [3.63, 3.8) is 0 Å². The second-order valence-corrected chi connectivity index (χ2v) is 6.14. The molecule has 0 spiro atoms. The Balaban J connectivity index is 1.62. The molecular weight excluding hydrogens is 306 g/mol. The Labute approximate surface area is 141 Å². The molecule has 2 aromatic rings. The van der Waals surface area contributed by atoms with E-state index in [-0.39, 0.29) is 6.79 Å². The number of nitrogens with zero attached hydrogens (tertiary/aromatic N) is 2. The van der Waals surface area contributed by atoms with Gasteiger partial charge in [-0.05, 0) is 30.0 Å². The summed E-state index contributed by atoms with van der Waals surface area (Å²) in [6.45, 7) is 6.06. The summed E-state index contributed by atoms with van der Waals surface area (Å²) in [6, 6.07) is 5.84. The number of anilines is 3. The smallest absolute Gasteiger partial charge is 0.231 e. The van der Waals surface area contributed by atoms with E-state index in [1.807, 2.05) is 18.2 Å². The van der Waals surface area contributed by atoms with Crippen LogP contribution in [0.25, 0.3) is 0 Å². The van der Waals surface area contributed by atoms with Crippen molar-refractivity contribution in [1.29, 1.82) is 0 Å². The molecule has 0 fully saturated rings. The summed E-state index contributed by atoms with van der Waals surface area (Å²) < 4.78 is 10.7. The Morgan fingerprint density at radius 2 is 1.88 bits per heavy atom. The van der Waals surface area contributed by atoms with Gasteiger partial charge in [0.15, 0.2) is 23.1 Å². The van der Waals surface area contributed by atoms with Gasteiger partial charge in [-0.2, -0.15) is 0 Å². The summed E-state index contributed by atoms with van der Waals surface area (Å²) in [6.07, 6.45) is 2.57. The van der Waals surface area contributed by atoms with E-state index in [9.17, 15) is 0 Å². The van der Waals surface area contributed by atoms with E-state index >= 15 is 0 Å². The average Bonchev–Trinajstić information content (AvgIpc) is 3.02. The van der Waals surface area contributed by atoms with Crippen LogP contribution in [-0.4, -0.2) is 23.3 Å². The molecule has 7 heteroatoms. The summed E-state index contributed by atoms with van der Waals surface area (Å²) in [7, 11) is 0. The van der Waals surface area contributed by atoms with Gasteiger partial charge in [0.25, 0.3) is 0 Å². The Hall–Kier alpha value is -2.70. The monoisotopic (exact) mass is 329 g/mol. The Morgan fingerprint density at radius 1 is 1.12 bits per heavy atom. The van der Waals surface area contributed by atoms with Crippen LogP contribution in [-0.2, 0) is 6.54 Å². The molecule has 4 N–H and O–H groups in total. The molecule has 1 aromatic carbocycles. The van der Waals surface area contributed by atoms with Crippen molar-refractivity contribution in [1.82, 2.24) is 9.97 Å². The molecule has 2 heterocycles. The lowest BCUT2D eigenvalue weighted by Crippen LogP contribution is -2.11. The van der Waals surface area contributed by atoms with Crippen molar-refractivity contribution in [3.05, 3.63) is 30.1 Å². The number of hydrogen-bond acceptors (Lipinski definition) is 7. The third-order valence-electron chi connectivity index (χ3n) is 3.79. The van der Waals surface area contributed by atoms with Crippen molar-refractivity contribution in [2.45, 2.75) is 26.8 Å². The molecule has 1 aliphatic heterocycles. The van der Waals surface area contributed by atoms with E-state index in [2.05, 4.69) is 34.4 Å². The lowest BCUT2D eigenvalue weighted by molar-refractivity contribution is 0.174. The molecule has 0 unspecified atom stereocenters. The van der Waals surface area contributed by atoms with Crippen LogP contribution in [0.2, 0.25) is 0 Å². The highest BCUT2D eigenvalue weighted by molar-refractivity contribution is 5.74. The first-order valence-corrected chi connectivity index (χ1v) is 8.10. The lowest BCUT2D eigenvalue weighted by atomic mass is 10.1. The largest absolute Gasteiger partial charge is 0.454 e. The molecule has 3 rings (SSSR count). The second-order valence-electron chi connectivity index (χ2n) is 6.14. The zero-order chi connectivity index (χ0) is 16.9.